The molecule has 0 bridgehead atoms. The summed E-state index contributed by atoms with van der Waals surface area (Å²) in [5.41, 5.74) is -0.208. The average Bonchev–Trinajstić information content (AvgIpc) is 1.62. The van der Waals surface area contributed by atoms with E-state index in [4.69, 9.17) is 5.26 Å². The Morgan fingerprint density at radius 2 is 2.11 bits per heavy atom. The smallest absolute Gasteiger partial charge is 0.133 e. The number of nitriles is 1. The fourth-order valence-corrected chi connectivity index (χ4v) is 0.857. The molecule has 1 fully saturated rings. The van der Waals surface area contributed by atoms with Crippen LogP contribution in [0.3, 0.4) is 0 Å². The van der Waals surface area contributed by atoms with E-state index in [2.05, 4.69) is 11.4 Å². The van der Waals surface area contributed by atoms with Gasteiger partial charge in [-0.25, -0.2) is 0 Å². The Morgan fingerprint density at radius 3 is 2.11 bits per heavy atom. The van der Waals surface area contributed by atoms with E-state index < -0.39 is 0 Å². The molecule has 1 heterocycles. The van der Waals surface area contributed by atoms with Gasteiger partial charge < -0.3 is 5.32 Å². The van der Waals surface area contributed by atoms with Gasteiger partial charge in [0, 0.05) is 13.1 Å². The third-order valence-corrected chi connectivity index (χ3v) is 1.90. The summed E-state index contributed by atoms with van der Waals surface area (Å²) in [6.45, 7) is 1.60. The molecule has 9 heavy (non-hydrogen) atoms. The van der Waals surface area contributed by atoms with Gasteiger partial charge in [0.1, 0.15) is 5.54 Å². The molecule has 0 aromatic carbocycles. The van der Waals surface area contributed by atoms with E-state index >= 15 is 0 Å². The molecule has 0 aliphatic carbocycles. The molecule has 0 amide bonds. The Morgan fingerprint density at radius 1 is 1.56 bits per heavy atom. The molecule has 0 unspecified atom stereocenters. The van der Waals surface area contributed by atoms with Crippen LogP contribution in [0, 0.1) is 11.3 Å². The summed E-state index contributed by atoms with van der Waals surface area (Å²) in [5.74, 6) is 0. The third kappa shape index (κ3) is 0.805. The van der Waals surface area contributed by atoms with Gasteiger partial charge in [0.15, 0.2) is 0 Å². The van der Waals surface area contributed by atoms with E-state index in [0.717, 1.165) is 13.1 Å². The van der Waals surface area contributed by atoms with Gasteiger partial charge in [-0.05, 0) is 14.1 Å². The largest absolute Gasteiger partial charge is 0.311 e. The minimum absolute atomic E-state index is 0.208. The maximum atomic E-state index is 8.68. The first-order chi connectivity index (χ1) is 4.21. The monoisotopic (exact) mass is 125 g/mol. The van der Waals surface area contributed by atoms with Gasteiger partial charge >= 0.3 is 0 Å². The minimum Gasteiger partial charge on any atom is -0.311 e. The SMILES string of the molecule is CN(C)C1(C#N)CNC1. The quantitative estimate of drug-likeness (QED) is 0.509. The molecule has 0 saturated carbocycles. The van der Waals surface area contributed by atoms with E-state index in [-0.39, 0.29) is 5.54 Å². The fraction of sp³-hybridized carbons (Fsp3) is 0.833. The number of hydrogen-bond acceptors (Lipinski definition) is 3. The summed E-state index contributed by atoms with van der Waals surface area (Å²) in [6, 6.07) is 2.28. The first kappa shape index (κ1) is 6.53. The lowest BCUT2D eigenvalue weighted by atomic mass is 9.93. The molecular weight excluding hydrogens is 114 g/mol. The van der Waals surface area contributed by atoms with E-state index in [1.807, 2.05) is 19.0 Å². The lowest BCUT2D eigenvalue weighted by molar-refractivity contribution is 0.144. The van der Waals surface area contributed by atoms with Crippen molar-refractivity contribution in [3.05, 3.63) is 0 Å². The first-order valence-electron chi connectivity index (χ1n) is 3.01. The van der Waals surface area contributed by atoms with Crippen molar-refractivity contribution in [1.29, 1.82) is 5.26 Å². The van der Waals surface area contributed by atoms with E-state index in [9.17, 15) is 0 Å². The predicted octanol–water partition coefficient (Wildman–Crippen LogP) is -0.586. The molecule has 1 N–H and O–H groups in total. The standard InChI is InChI=1S/C6H11N3/c1-9(2)6(3-7)4-8-5-6/h8H,4-5H2,1-2H3. The van der Waals surface area contributed by atoms with Crippen LogP contribution in [-0.2, 0) is 0 Å². The zero-order valence-corrected chi connectivity index (χ0v) is 5.81. The second-order valence-corrected chi connectivity index (χ2v) is 2.64. The summed E-state index contributed by atoms with van der Waals surface area (Å²) < 4.78 is 0. The molecule has 3 heteroatoms. The Bertz CT molecular complexity index is 141. The molecule has 0 aromatic rings. The van der Waals surface area contributed by atoms with Crippen molar-refractivity contribution in [1.82, 2.24) is 10.2 Å². The third-order valence-electron chi connectivity index (χ3n) is 1.90. The van der Waals surface area contributed by atoms with Gasteiger partial charge in [0.2, 0.25) is 0 Å². The van der Waals surface area contributed by atoms with Crippen molar-refractivity contribution in [3.63, 3.8) is 0 Å². The zero-order valence-electron chi connectivity index (χ0n) is 5.81. The molecule has 0 radical (unpaired) electrons. The molecular formula is C6H11N3. The Labute approximate surface area is 55.3 Å². The summed E-state index contributed by atoms with van der Waals surface area (Å²) in [5, 5.41) is 11.7. The molecule has 1 aliphatic rings. The highest BCUT2D eigenvalue weighted by Crippen LogP contribution is 2.14. The second kappa shape index (κ2) is 1.98. The van der Waals surface area contributed by atoms with Crippen LogP contribution in [0.2, 0.25) is 0 Å². The lowest BCUT2D eigenvalue weighted by Crippen LogP contribution is -2.66. The van der Waals surface area contributed by atoms with Gasteiger partial charge in [-0.1, -0.05) is 0 Å². The first-order valence-corrected chi connectivity index (χ1v) is 3.01. The summed E-state index contributed by atoms with van der Waals surface area (Å²) in [4.78, 5) is 1.96. The van der Waals surface area contributed by atoms with Crippen molar-refractivity contribution >= 4 is 0 Å². The van der Waals surface area contributed by atoms with Crippen LogP contribution in [0.25, 0.3) is 0 Å². The molecule has 1 rings (SSSR count). The van der Waals surface area contributed by atoms with E-state index in [1.54, 1.807) is 0 Å². The predicted molar refractivity (Wildman–Crippen MR) is 34.9 cm³/mol. The van der Waals surface area contributed by atoms with Crippen LogP contribution in [0.4, 0.5) is 0 Å². The number of rotatable bonds is 1. The van der Waals surface area contributed by atoms with Crippen LogP contribution in [0.5, 0.6) is 0 Å². The maximum Gasteiger partial charge on any atom is 0.133 e. The number of hydrogen-bond donors (Lipinski definition) is 1. The van der Waals surface area contributed by atoms with Crippen molar-refractivity contribution in [2.45, 2.75) is 5.54 Å². The van der Waals surface area contributed by atoms with Crippen LogP contribution < -0.4 is 5.32 Å². The maximum absolute atomic E-state index is 8.68. The van der Waals surface area contributed by atoms with Crippen molar-refractivity contribution in [2.24, 2.45) is 0 Å². The highest BCUT2D eigenvalue weighted by Gasteiger charge is 2.39. The number of likely N-dealkylation sites (N-methyl/N-ethyl adjacent to an activating group) is 1. The second-order valence-electron chi connectivity index (χ2n) is 2.64. The van der Waals surface area contributed by atoms with E-state index in [1.165, 1.54) is 0 Å². The number of nitrogens with zero attached hydrogens (tertiary/aromatic N) is 2. The van der Waals surface area contributed by atoms with Gasteiger partial charge in [-0.3, -0.25) is 4.90 Å². The summed E-state index contributed by atoms with van der Waals surface area (Å²) in [7, 11) is 3.87. The van der Waals surface area contributed by atoms with Gasteiger partial charge in [-0.2, -0.15) is 5.26 Å². The normalized spacial score (nSPS) is 22.9. The van der Waals surface area contributed by atoms with Gasteiger partial charge in [0.05, 0.1) is 6.07 Å². The number of nitrogens with one attached hydrogen (secondary N) is 1. The summed E-state index contributed by atoms with van der Waals surface area (Å²) >= 11 is 0. The van der Waals surface area contributed by atoms with Crippen LogP contribution in [0.15, 0.2) is 0 Å². The molecule has 0 atom stereocenters. The zero-order chi connectivity index (χ0) is 6.91. The lowest BCUT2D eigenvalue weighted by Gasteiger charge is -2.41. The Kier molecular flexibility index (Phi) is 1.43. The molecule has 0 spiro atoms. The van der Waals surface area contributed by atoms with Crippen LogP contribution in [-0.4, -0.2) is 37.6 Å². The fourth-order valence-electron chi connectivity index (χ4n) is 0.857. The Balaban J connectivity index is 2.60. The topological polar surface area (TPSA) is 39.1 Å². The van der Waals surface area contributed by atoms with Crippen molar-refractivity contribution in [2.75, 3.05) is 27.2 Å². The van der Waals surface area contributed by atoms with Crippen molar-refractivity contribution < 1.29 is 0 Å². The van der Waals surface area contributed by atoms with Crippen LogP contribution in [0.1, 0.15) is 0 Å². The highest BCUT2D eigenvalue weighted by atomic mass is 15.2. The Hall–Kier alpha value is -0.590. The van der Waals surface area contributed by atoms with Crippen molar-refractivity contribution in [3.8, 4) is 6.07 Å². The molecule has 0 aromatic heterocycles. The van der Waals surface area contributed by atoms with Crippen LogP contribution >= 0.6 is 0 Å². The minimum atomic E-state index is -0.208. The summed E-state index contributed by atoms with van der Waals surface area (Å²) in [6.07, 6.45) is 0. The molecule has 3 nitrogen and oxygen atoms in total. The van der Waals surface area contributed by atoms with E-state index in [0.29, 0.717) is 0 Å². The average molecular weight is 125 g/mol. The van der Waals surface area contributed by atoms with Gasteiger partial charge in [0.25, 0.3) is 0 Å². The van der Waals surface area contributed by atoms with Gasteiger partial charge in [-0.15, -0.1) is 0 Å². The molecule has 50 valence electrons. The molecule has 1 saturated heterocycles. The highest BCUT2D eigenvalue weighted by molar-refractivity contribution is 5.15. The molecule has 1 aliphatic heterocycles.